The van der Waals surface area contributed by atoms with Crippen molar-refractivity contribution in [2.45, 2.75) is 43.9 Å². The molecule has 1 saturated heterocycles. The lowest BCUT2D eigenvalue weighted by atomic mass is 9.75. The van der Waals surface area contributed by atoms with E-state index in [2.05, 4.69) is 4.98 Å². The molecule has 0 unspecified atom stereocenters. The topological polar surface area (TPSA) is 112 Å². The molecule has 0 bridgehead atoms. The van der Waals surface area contributed by atoms with Crippen LogP contribution in [0.15, 0.2) is 41.3 Å². The fraction of sp³-hybridized carbons (Fsp3) is 0.500. The number of carboxylic acid groups (broad SMARTS) is 1. The van der Waals surface area contributed by atoms with Gasteiger partial charge in [0.15, 0.2) is 0 Å². The van der Waals surface area contributed by atoms with Crippen LogP contribution in [0.25, 0.3) is 0 Å². The van der Waals surface area contributed by atoms with Crippen molar-refractivity contribution in [3.63, 3.8) is 0 Å². The van der Waals surface area contributed by atoms with Gasteiger partial charge in [0.25, 0.3) is 0 Å². The highest BCUT2D eigenvalue weighted by Gasteiger charge is 2.52. The van der Waals surface area contributed by atoms with E-state index in [9.17, 15) is 19.5 Å². The van der Waals surface area contributed by atoms with E-state index in [1.54, 1.807) is 18.1 Å². The summed E-state index contributed by atoms with van der Waals surface area (Å²) in [7, 11) is 3.16. The van der Waals surface area contributed by atoms with Crippen molar-refractivity contribution in [2.75, 3.05) is 33.9 Å². The van der Waals surface area contributed by atoms with E-state index in [1.165, 1.54) is 24.3 Å². The Labute approximate surface area is 214 Å². The van der Waals surface area contributed by atoms with Crippen LogP contribution in [0.1, 0.15) is 36.0 Å². The van der Waals surface area contributed by atoms with Gasteiger partial charge in [-0.2, -0.15) is 0 Å². The Bertz CT molecular complexity index is 1170. The number of amides is 2. The zero-order valence-electron chi connectivity index (χ0n) is 20.5. The second kappa shape index (κ2) is 11.0. The summed E-state index contributed by atoms with van der Waals surface area (Å²) >= 11 is 6.53. The van der Waals surface area contributed by atoms with Crippen molar-refractivity contribution in [1.82, 2.24) is 14.8 Å². The number of pyridine rings is 1. The summed E-state index contributed by atoms with van der Waals surface area (Å²) in [5.41, 5.74) is 1.01. The smallest absolute Gasteiger partial charge is 0.407 e. The molecule has 0 spiro atoms. The number of H-pyrrole nitrogens is 1. The fourth-order valence-electron chi connectivity index (χ4n) is 5.08. The number of methoxy groups -OCH3 is 2. The van der Waals surface area contributed by atoms with E-state index in [-0.39, 0.29) is 37.0 Å². The van der Waals surface area contributed by atoms with E-state index in [1.807, 2.05) is 18.2 Å². The maximum absolute atomic E-state index is 14.2. The fourth-order valence-corrected chi connectivity index (χ4v) is 5.26. The van der Waals surface area contributed by atoms with Crippen LogP contribution in [-0.4, -0.2) is 71.8 Å². The highest BCUT2D eigenvalue weighted by Crippen LogP contribution is 2.43. The molecule has 2 aromatic rings. The van der Waals surface area contributed by atoms with Crippen molar-refractivity contribution in [3.8, 4) is 0 Å². The predicted octanol–water partition coefficient (Wildman–Crippen LogP) is 3.25. The summed E-state index contributed by atoms with van der Waals surface area (Å²) in [6.45, 7) is 1.05. The minimum Gasteiger partial charge on any atom is -0.465 e. The summed E-state index contributed by atoms with van der Waals surface area (Å²) in [4.78, 5) is 43.9. The van der Waals surface area contributed by atoms with Gasteiger partial charge in [0.1, 0.15) is 5.60 Å². The Hall–Kier alpha value is -2.88. The van der Waals surface area contributed by atoms with Gasteiger partial charge in [-0.3, -0.25) is 9.59 Å². The third kappa shape index (κ3) is 5.43. The Morgan fingerprint density at radius 2 is 2.03 bits per heavy atom. The highest BCUT2D eigenvalue weighted by atomic mass is 35.5. The summed E-state index contributed by atoms with van der Waals surface area (Å²) < 4.78 is 11.2. The van der Waals surface area contributed by atoms with Gasteiger partial charge in [0, 0.05) is 57.2 Å². The Balaban J connectivity index is 1.70. The van der Waals surface area contributed by atoms with Gasteiger partial charge >= 0.3 is 6.09 Å². The van der Waals surface area contributed by atoms with Gasteiger partial charge in [-0.1, -0.05) is 23.7 Å². The standard InChI is InChI=1S/C26H32ClN3O6/c1-35-12-8-17-3-6-22(27)18(13-17)15-30(20-4-5-20)24(32)21-16-29(25(33)34)11-9-26(21,36-2)19-7-10-28-23(31)14-19/h3,6-7,10,13-14,20-21H,4-5,8-9,11-12,15-16H2,1-2H3,(H,28,31)(H,33,34)/t21-,26+/m1/s1. The molecular formula is C26H32ClN3O6. The first-order valence-corrected chi connectivity index (χ1v) is 12.5. The molecule has 9 nitrogen and oxygen atoms in total. The minimum absolute atomic E-state index is 0.0281. The number of hydrogen-bond acceptors (Lipinski definition) is 5. The van der Waals surface area contributed by atoms with E-state index in [4.69, 9.17) is 21.1 Å². The maximum atomic E-state index is 14.2. The number of nitrogens with one attached hydrogen (secondary N) is 1. The second-order valence-corrected chi connectivity index (χ2v) is 9.84. The van der Waals surface area contributed by atoms with Crippen LogP contribution in [0.4, 0.5) is 4.79 Å². The van der Waals surface area contributed by atoms with Gasteiger partial charge in [-0.25, -0.2) is 4.79 Å². The molecule has 10 heteroatoms. The lowest BCUT2D eigenvalue weighted by Gasteiger charge is -2.47. The van der Waals surface area contributed by atoms with E-state index in [0.717, 1.165) is 30.4 Å². The molecule has 0 radical (unpaired) electrons. The van der Waals surface area contributed by atoms with Crippen LogP contribution in [0.3, 0.4) is 0 Å². The maximum Gasteiger partial charge on any atom is 0.407 e. The third-order valence-electron chi connectivity index (χ3n) is 7.23. The molecule has 2 aliphatic rings. The lowest BCUT2D eigenvalue weighted by Crippen LogP contribution is -2.58. The highest BCUT2D eigenvalue weighted by molar-refractivity contribution is 6.31. The average Bonchev–Trinajstić information content (AvgIpc) is 3.72. The first-order chi connectivity index (χ1) is 17.3. The van der Waals surface area contributed by atoms with Crippen LogP contribution < -0.4 is 5.56 Å². The molecule has 4 rings (SSSR count). The second-order valence-electron chi connectivity index (χ2n) is 9.43. The van der Waals surface area contributed by atoms with Crippen LogP contribution >= 0.6 is 11.6 Å². The van der Waals surface area contributed by atoms with Crippen LogP contribution in [0, 0.1) is 5.92 Å². The number of halogens is 1. The summed E-state index contributed by atoms with van der Waals surface area (Å²) in [5, 5.41) is 10.3. The third-order valence-corrected chi connectivity index (χ3v) is 7.60. The molecule has 2 atom stereocenters. The van der Waals surface area contributed by atoms with Crippen LogP contribution in [-0.2, 0) is 32.8 Å². The number of carbonyl (C=O) groups excluding carboxylic acids is 1. The van der Waals surface area contributed by atoms with E-state index < -0.39 is 17.6 Å². The summed E-state index contributed by atoms with van der Waals surface area (Å²) in [6.07, 6.45) is 3.15. The van der Waals surface area contributed by atoms with Crippen LogP contribution in [0.5, 0.6) is 0 Å². The molecule has 1 saturated carbocycles. The van der Waals surface area contributed by atoms with Crippen molar-refractivity contribution in [3.05, 3.63) is 68.6 Å². The quantitative estimate of drug-likeness (QED) is 0.528. The Morgan fingerprint density at radius 1 is 1.25 bits per heavy atom. The normalized spacial score (nSPS) is 21.9. The van der Waals surface area contributed by atoms with E-state index >= 15 is 0 Å². The number of carbonyl (C=O) groups is 2. The van der Waals surface area contributed by atoms with Gasteiger partial charge in [-0.15, -0.1) is 0 Å². The molecule has 1 aromatic carbocycles. The largest absolute Gasteiger partial charge is 0.465 e. The molecule has 2 N–H and O–H groups in total. The number of likely N-dealkylation sites (tertiary alicyclic amines) is 1. The predicted molar refractivity (Wildman–Crippen MR) is 134 cm³/mol. The first-order valence-electron chi connectivity index (χ1n) is 12.1. The van der Waals surface area contributed by atoms with Crippen molar-refractivity contribution in [1.29, 1.82) is 0 Å². The van der Waals surface area contributed by atoms with Crippen molar-refractivity contribution < 1.29 is 24.2 Å². The summed E-state index contributed by atoms with van der Waals surface area (Å²) in [6, 6.07) is 8.97. The number of benzene rings is 1. The van der Waals surface area contributed by atoms with Crippen molar-refractivity contribution >= 4 is 23.6 Å². The zero-order chi connectivity index (χ0) is 25.9. The molecule has 2 heterocycles. The number of piperidine rings is 1. The molecule has 194 valence electrons. The molecular weight excluding hydrogens is 486 g/mol. The molecule has 1 aliphatic carbocycles. The average molecular weight is 518 g/mol. The van der Waals surface area contributed by atoms with Gasteiger partial charge in [0.2, 0.25) is 11.5 Å². The number of hydrogen-bond donors (Lipinski definition) is 2. The van der Waals surface area contributed by atoms with Crippen molar-refractivity contribution in [2.24, 2.45) is 5.92 Å². The first kappa shape index (κ1) is 26.2. The number of nitrogens with zero attached hydrogens (tertiary/aromatic N) is 2. The van der Waals surface area contributed by atoms with Crippen LogP contribution in [0.2, 0.25) is 5.02 Å². The molecule has 36 heavy (non-hydrogen) atoms. The van der Waals surface area contributed by atoms with Gasteiger partial charge in [-0.05, 0) is 54.5 Å². The van der Waals surface area contributed by atoms with Gasteiger partial charge in [0.05, 0.1) is 12.5 Å². The molecule has 1 aliphatic heterocycles. The zero-order valence-corrected chi connectivity index (χ0v) is 21.3. The molecule has 2 amide bonds. The molecule has 1 aromatic heterocycles. The Morgan fingerprint density at radius 3 is 2.67 bits per heavy atom. The van der Waals surface area contributed by atoms with E-state index in [0.29, 0.717) is 23.7 Å². The Kier molecular flexibility index (Phi) is 8.02. The lowest BCUT2D eigenvalue weighted by molar-refractivity contribution is -0.159. The number of aromatic amines is 1. The number of ether oxygens (including phenoxy) is 2. The number of rotatable bonds is 9. The summed E-state index contributed by atoms with van der Waals surface area (Å²) in [5.74, 6) is -1.03. The monoisotopic (exact) mass is 517 g/mol. The minimum atomic E-state index is -1.13. The van der Waals surface area contributed by atoms with Gasteiger partial charge < -0.3 is 29.4 Å². The number of aromatic nitrogens is 1. The molecule has 2 fully saturated rings. The SMILES string of the molecule is COCCc1ccc(Cl)c(CN(C(=O)[C@H]2CN(C(=O)O)CC[C@]2(OC)c2cc[nH]c(=O)c2)C2CC2)c1.